The van der Waals surface area contributed by atoms with Crippen molar-refractivity contribution in [3.63, 3.8) is 0 Å². The zero-order chi connectivity index (χ0) is 16.1. The number of halogens is 8. The molecular formula is C12H2F8O. The molecule has 0 N–H and O–H groups in total. The van der Waals surface area contributed by atoms with Gasteiger partial charge in [0.05, 0.1) is 21.9 Å². The van der Waals surface area contributed by atoms with Gasteiger partial charge in [-0.05, 0) is 0 Å². The van der Waals surface area contributed by atoms with Crippen LogP contribution in [0.5, 0.6) is 0 Å². The number of alkyl halides is 2. The monoisotopic (exact) mass is 314 g/mol. The summed E-state index contributed by atoms with van der Waals surface area (Å²) in [6.45, 7) is 0. The second-order valence-electron chi connectivity index (χ2n) is 3.88. The van der Waals surface area contributed by atoms with E-state index < -0.39 is 69.5 Å². The number of carbonyl (C=O) groups excluding carboxylic acids is 1. The molecule has 1 nitrogen and oxygen atoms in total. The first kappa shape index (κ1) is 15.2. The van der Waals surface area contributed by atoms with E-state index in [9.17, 15) is 39.9 Å². The highest BCUT2D eigenvalue weighted by Gasteiger charge is 2.32. The number of fused-ring (bicyclic) bond motifs is 1. The predicted octanol–water partition coefficient (Wildman–Crippen LogP) is 4.42. The van der Waals surface area contributed by atoms with Gasteiger partial charge in [-0.2, -0.15) is 0 Å². The Morgan fingerprint density at radius 1 is 0.667 bits per heavy atom. The molecule has 0 unspecified atom stereocenters. The minimum atomic E-state index is -3.89. The molecule has 0 aliphatic carbocycles. The number of rotatable bonds is 2. The van der Waals surface area contributed by atoms with E-state index in [2.05, 4.69) is 0 Å². The van der Waals surface area contributed by atoms with Gasteiger partial charge in [-0.25, -0.2) is 35.1 Å². The van der Waals surface area contributed by atoms with E-state index >= 15 is 0 Å². The van der Waals surface area contributed by atoms with Crippen LogP contribution in [0.25, 0.3) is 10.8 Å². The number of carbonyl (C=O) groups is 1. The Morgan fingerprint density at radius 3 is 1.62 bits per heavy atom. The third-order valence-electron chi connectivity index (χ3n) is 2.80. The molecule has 2 rings (SSSR count). The minimum absolute atomic E-state index is 0.538. The molecule has 2 aromatic carbocycles. The summed E-state index contributed by atoms with van der Waals surface area (Å²) in [6, 6.07) is 0. The van der Waals surface area contributed by atoms with Gasteiger partial charge in [-0.15, -0.1) is 0 Å². The van der Waals surface area contributed by atoms with Crippen LogP contribution in [0.15, 0.2) is 0 Å². The van der Waals surface area contributed by atoms with Gasteiger partial charge in [0, 0.05) is 0 Å². The van der Waals surface area contributed by atoms with Crippen molar-refractivity contribution in [3.05, 3.63) is 46.0 Å². The van der Waals surface area contributed by atoms with E-state index in [4.69, 9.17) is 0 Å². The molecule has 0 radical (unpaired) electrons. The lowest BCUT2D eigenvalue weighted by atomic mass is 10.0. The van der Waals surface area contributed by atoms with Gasteiger partial charge in [0.15, 0.2) is 29.6 Å². The Labute approximate surface area is 110 Å². The molecule has 0 saturated heterocycles. The van der Waals surface area contributed by atoms with Crippen LogP contribution in [0.1, 0.15) is 22.3 Å². The van der Waals surface area contributed by atoms with Gasteiger partial charge >= 0.3 is 0 Å². The maximum atomic E-state index is 13.7. The van der Waals surface area contributed by atoms with Crippen LogP contribution in [0.2, 0.25) is 0 Å². The lowest BCUT2D eigenvalue weighted by molar-refractivity contribution is 0.111. The van der Waals surface area contributed by atoms with E-state index in [1.807, 2.05) is 0 Å². The maximum absolute atomic E-state index is 13.7. The summed E-state index contributed by atoms with van der Waals surface area (Å²) in [6.07, 6.45) is -4.43. The number of benzene rings is 2. The van der Waals surface area contributed by atoms with Gasteiger partial charge in [0.2, 0.25) is 0 Å². The van der Waals surface area contributed by atoms with Crippen LogP contribution in [0, 0.1) is 34.9 Å². The fraction of sp³-hybridized carbons (Fsp3) is 0.0833. The number of hydrogen-bond acceptors (Lipinski definition) is 1. The second kappa shape index (κ2) is 4.97. The first-order chi connectivity index (χ1) is 9.73. The van der Waals surface area contributed by atoms with Crippen LogP contribution in [-0.4, -0.2) is 6.29 Å². The fourth-order valence-electron chi connectivity index (χ4n) is 1.84. The average Bonchev–Trinajstić information content (AvgIpc) is 2.40. The third kappa shape index (κ3) is 1.95. The quantitative estimate of drug-likeness (QED) is 0.455. The molecule has 2 aromatic rings. The lowest BCUT2D eigenvalue weighted by Crippen LogP contribution is -2.08. The van der Waals surface area contributed by atoms with Crippen molar-refractivity contribution in [1.82, 2.24) is 0 Å². The zero-order valence-electron chi connectivity index (χ0n) is 9.59. The van der Waals surface area contributed by atoms with E-state index in [1.165, 1.54) is 0 Å². The molecule has 0 atom stereocenters. The first-order valence-electron chi connectivity index (χ1n) is 5.13. The molecule has 0 fully saturated rings. The molecule has 21 heavy (non-hydrogen) atoms. The lowest BCUT2D eigenvalue weighted by Gasteiger charge is -2.12. The van der Waals surface area contributed by atoms with Crippen LogP contribution in [0.3, 0.4) is 0 Å². The van der Waals surface area contributed by atoms with E-state index in [-0.39, 0.29) is 0 Å². The Morgan fingerprint density at radius 2 is 1.14 bits per heavy atom. The summed E-state index contributed by atoms with van der Waals surface area (Å²) < 4.78 is 106. The van der Waals surface area contributed by atoms with Crippen LogP contribution in [0.4, 0.5) is 35.1 Å². The predicted molar refractivity (Wildman–Crippen MR) is 54.0 cm³/mol. The number of hydrogen-bond donors (Lipinski definition) is 0. The summed E-state index contributed by atoms with van der Waals surface area (Å²) in [7, 11) is 0. The summed E-state index contributed by atoms with van der Waals surface area (Å²) in [5, 5.41) is -3.58. The Balaban J connectivity index is 3.19. The summed E-state index contributed by atoms with van der Waals surface area (Å²) in [4.78, 5) is 10.4. The van der Waals surface area contributed by atoms with Crippen molar-refractivity contribution in [1.29, 1.82) is 0 Å². The minimum Gasteiger partial charge on any atom is -0.298 e. The van der Waals surface area contributed by atoms with E-state index in [0.29, 0.717) is 0 Å². The van der Waals surface area contributed by atoms with Crippen molar-refractivity contribution in [2.75, 3.05) is 0 Å². The van der Waals surface area contributed by atoms with Crippen molar-refractivity contribution >= 4 is 17.1 Å². The first-order valence-corrected chi connectivity index (χ1v) is 5.13. The van der Waals surface area contributed by atoms with Crippen molar-refractivity contribution in [3.8, 4) is 0 Å². The highest BCUT2D eigenvalue weighted by atomic mass is 19.3. The summed E-state index contributed by atoms with van der Waals surface area (Å²) >= 11 is 0. The largest absolute Gasteiger partial charge is 0.298 e. The number of aldehydes is 1. The SMILES string of the molecule is O=Cc1c(F)c(F)c2c(F)c(C(F)F)c(F)c(F)c2c1F. The van der Waals surface area contributed by atoms with Gasteiger partial charge < -0.3 is 0 Å². The third-order valence-corrected chi connectivity index (χ3v) is 2.80. The molecule has 112 valence electrons. The fourth-order valence-corrected chi connectivity index (χ4v) is 1.84. The van der Waals surface area contributed by atoms with Crippen LogP contribution in [-0.2, 0) is 0 Å². The topological polar surface area (TPSA) is 17.1 Å². The molecule has 0 amide bonds. The Kier molecular flexibility index (Phi) is 3.60. The molecule has 9 heteroatoms. The normalized spacial score (nSPS) is 11.5. The van der Waals surface area contributed by atoms with Crippen LogP contribution >= 0.6 is 0 Å². The smallest absolute Gasteiger partial charge is 0.269 e. The molecule has 0 bridgehead atoms. The van der Waals surface area contributed by atoms with Gasteiger partial charge in [-0.1, -0.05) is 0 Å². The average molecular weight is 314 g/mol. The Bertz CT molecular complexity index is 768. The van der Waals surface area contributed by atoms with Gasteiger partial charge in [0.1, 0.15) is 11.6 Å². The van der Waals surface area contributed by atoms with Crippen LogP contribution < -0.4 is 0 Å². The summed E-state index contributed by atoms with van der Waals surface area (Å²) in [5.74, 6) is -13.7. The van der Waals surface area contributed by atoms with Gasteiger partial charge in [-0.3, -0.25) is 4.79 Å². The molecule has 0 aliphatic rings. The highest BCUT2D eigenvalue weighted by molar-refractivity contribution is 5.92. The van der Waals surface area contributed by atoms with Gasteiger partial charge in [0.25, 0.3) is 6.43 Å². The van der Waals surface area contributed by atoms with Crippen molar-refractivity contribution < 1.29 is 39.9 Å². The highest BCUT2D eigenvalue weighted by Crippen LogP contribution is 2.37. The zero-order valence-corrected chi connectivity index (χ0v) is 9.59. The standard InChI is InChI=1S/C12H2F8O/c13-6-2(1-21)7(14)9(16)4-3(6)10(17)11(18)5(8(4)15)12(19)20/h1,12H. The van der Waals surface area contributed by atoms with E-state index in [1.54, 1.807) is 0 Å². The Hall–Kier alpha value is -2.19. The molecule has 0 heterocycles. The molecule has 0 aliphatic heterocycles. The molecule has 0 spiro atoms. The van der Waals surface area contributed by atoms with E-state index in [0.717, 1.165) is 0 Å². The maximum Gasteiger partial charge on any atom is 0.269 e. The molecular weight excluding hydrogens is 312 g/mol. The molecule has 0 saturated carbocycles. The molecule has 0 aromatic heterocycles. The summed E-state index contributed by atoms with van der Waals surface area (Å²) in [5.41, 5.74) is -3.76. The van der Waals surface area contributed by atoms with Crippen molar-refractivity contribution in [2.24, 2.45) is 0 Å². The van der Waals surface area contributed by atoms with Crippen molar-refractivity contribution in [2.45, 2.75) is 6.43 Å². The second-order valence-corrected chi connectivity index (χ2v) is 3.88.